The number of phenolic OH excluding ortho intramolecular Hbond substituents is 1. The molecule has 9 heteroatoms. The number of nitrogens with one attached hydrogen (secondary N) is 2. The average molecular weight is 648 g/mol. The Morgan fingerprint density at radius 1 is 0.936 bits per heavy atom. The van der Waals surface area contributed by atoms with E-state index < -0.39 is 17.7 Å². The van der Waals surface area contributed by atoms with Crippen LogP contribution in [-0.2, 0) is 15.1 Å². The van der Waals surface area contributed by atoms with Crippen molar-refractivity contribution in [2.45, 2.75) is 88.8 Å². The molecule has 3 aromatic rings. The van der Waals surface area contributed by atoms with Crippen molar-refractivity contribution in [3.05, 3.63) is 76.1 Å². The predicted octanol–water partition coefficient (Wildman–Crippen LogP) is 5.53. The second kappa shape index (κ2) is 17.2. The van der Waals surface area contributed by atoms with Crippen molar-refractivity contribution in [3.8, 4) is 5.75 Å². The summed E-state index contributed by atoms with van der Waals surface area (Å²) >= 11 is 0. The van der Waals surface area contributed by atoms with Crippen molar-refractivity contribution >= 4 is 16.9 Å². The standard InChI is InChI=1S/C38H53N3O6/c42-33-18-16-31(32-17-19-35(44)40-36(32)33)34(43)26-39-22-10-2-1-3-11-23-41-24-20-28(21-25-41)27-47-37(45)38(46,29-12-6-4-7-13-29)30-14-8-5-9-15-30/h4,6-7,12-13,16-19,28,30,34,39,42-43,46H,1-3,5,8-11,14-15,20-27H2,(H,40,44)/t34-,38?/m1/s1. The van der Waals surface area contributed by atoms with E-state index in [0.717, 1.165) is 84.0 Å². The van der Waals surface area contributed by atoms with Gasteiger partial charge in [0.2, 0.25) is 5.56 Å². The fraction of sp³-hybridized carbons (Fsp3) is 0.579. The van der Waals surface area contributed by atoms with Crippen LogP contribution in [0.1, 0.15) is 94.3 Å². The Bertz CT molecular complexity index is 1470. The van der Waals surface area contributed by atoms with E-state index in [1.54, 1.807) is 12.1 Å². The largest absolute Gasteiger partial charge is 0.506 e. The highest BCUT2D eigenvalue weighted by Gasteiger charge is 2.47. The summed E-state index contributed by atoms with van der Waals surface area (Å²) in [5.74, 6) is -0.240. The van der Waals surface area contributed by atoms with Gasteiger partial charge in [-0.1, -0.05) is 74.9 Å². The number of piperidine rings is 1. The number of hydrogen-bond donors (Lipinski definition) is 5. The molecule has 1 unspecified atom stereocenters. The van der Waals surface area contributed by atoms with Crippen LogP contribution in [0.4, 0.5) is 0 Å². The van der Waals surface area contributed by atoms with Gasteiger partial charge in [0.05, 0.1) is 18.2 Å². The highest BCUT2D eigenvalue weighted by molar-refractivity contribution is 5.87. The number of rotatable bonds is 16. The fourth-order valence-electron chi connectivity index (χ4n) is 7.43. The van der Waals surface area contributed by atoms with Gasteiger partial charge in [-0.3, -0.25) is 4.79 Å². The van der Waals surface area contributed by atoms with Crippen molar-refractivity contribution in [2.24, 2.45) is 11.8 Å². The number of H-pyrrole nitrogens is 1. The second-order valence-electron chi connectivity index (χ2n) is 13.6. The van der Waals surface area contributed by atoms with E-state index >= 15 is 0 Å². The molecule has 2 aromatic carbocycles. The average Bonchev–Trinajstić information content (AvgIpc) is 3.11. The molecular formula is C38H53N3O6. The number of nitrogens with zero attached hydrogens (tertiary/aromatic N) is 1. The van der Waals surface area contributed by atoms with E-state index in [1.807, 2.05) is 30.3 Å². The third-order valence-electron chi connectivity index (χ3n) is 10.3. The SMILES string of the molecule is O=C(OCC1CCN(CCCCCCCNC[C@@H](O)c2ccc(O)c3[nH]c(=O)ccc23)CC1)C(O)(c1ccccc1)C1CCCCC1. The van der Waals surface area contributed by atoms with Gasteiger partial charge in [-0.05, 0) is 93.9 Å². The minimum absolute atomic E-state index is 0.00704. The summed E-state index contributed by atoms with van der Waals surface area (Å²) in [5.41, 5.74) is -0.173. The summed E-state index contributed by atoms with van der Waals surface area (Å²) in [4.78, 5) is 30.2. The van der Waals surface area contributed by atoms with Crippen LogP contribution < -0.4 is 10.9 Å². The zero-order valence-electron chi connectivity index (χ0n) is 27.7. The van der Waals surface area contributed by atoms with Crippen LogP contribution >= 0.6 is 0 Å². The number of unbranched alkanes of at least 4 members (excludes halogenated alkanes) is 4. The number of hydrogen-bond acceptors (Lipinski definition) is 8. The smallest absolute Gasteiger partial charge is 0.343 e. The molecule has 0 amide bonds. The number of fused-ring (bicyclic) bond motifs is 1. The number of esters is 1. The molecule has 2 heterocycles. The fourth-order valence-corrected chi connectivity index (χ4v) is 7.43. The van der Waals surface area contributed by atoms with Crippen LogP contribution in [0.15, 0.2) is 59.4 Å². The zero-order chi connectivity index (χ0) is 33.1. The number of carbonyl (C=O) groups excluding carboxylic acids is 1. The van der Waals surface area contributed by atoms with E-state index in [2.05, 4.69) is 15.2 Å². The lowest BCUT2D eigenvalue weighted by molar-refractivity contribution is -0.177. The Morgan fingerprint density at radius 2 is 1.66 bits per heavy atom. The highest BCUT2D eigenvalue weighted by atomic mass is 16.5. The lowest BCUT2D eigenvalue weighted by Gasteiger charge is -2.37. The Labute approximate surface area is 278 Å². The minimum atomic E-state index is -1.56. The molecule has 1 aromatic heterocycles. The van der Waals surface area contributed by atoms with Gasteiger partial charge in [0.1, 0.15) is 5.75 Å². The first-order chi connectivity index (χ1) is 22.9. The summed E-state index contributed by atoms with van der Waals surface area (Å²) in [5, 5.41) is 36.5. The van der Waals surface area contributed by atoms with Gasteiger partial charge in [0.15, 0.2) is 5.60 Å². The van der Waals surface area contributed by atoms with Crippen LogP contribution in [0, 0.1) is 11.8 Å². The Morgan fingerprint density at radius 3 is 2.43 bits per heavy atom. The quantitative estimate of drug-likeness (QED) is 0.101. The normalized spacial score (nSPS) is 18.6. The van der Waals surface area contributed by atoms with Crippen LogP contribution in [0.25, 0.3) is 10.9 Å². The maximum absolute atomic E-state index is 13.4. The molecule has 47 heavy (non-hydrogen) atoms. The van der Waals surface area contributed by atoms with Crippen LogP contribution in [-0.4, -0.2) is 70.5 Å². The maximum atomic E-state index is 13.4. The molecule has 0 radical (unpaired) electrons. The van der Waals surface area contributed by atoms with Crippen molar-refractivity contribution in [2.75, 3.05) is 39.3 Å². The number of aromatic amines is 1. The number of aromatic nitrogens is 1. The molecule has 1 aliphatic heterocycles. The molecule has 2 atom stereocenters. The van der Waals surface area contributed by atoms with E-state index in [9.17, 15) is 24.9 Å². The molecule has 0 bridgehead atoms. The van der Waals surface area contributed by atoms with Gasteiger partial charge in [-0.25, -0.2) is 4.79 Å². The van der Waals surface area contributed by atoms with Crippen molar-refractivity contribution in [1.29, 1.82) is 0 Å². The number of aromatic hydroxyl groups is 1. The molecule has 2 fully saturated rings. The molecule has 5 N–H and O–H groups in total. The number of ether oxygens (including phenoxy) is 1. The van der Waals surface area contributed by atoms with E-state index in [1.165, 1.54) is 31.4 Å². The lowest BCUT2D eigenvalue weighted by atomic mass is 9.73. The summed E-state index contributed by atoms with van der Waals surface area (Å²) in [7, 11) is 0. The van der Waals surface area contributed by atoms with Gasteiger partial charge in [0.25, 0.3) is 0 Å². The number of likely N-dealkylation sites (tertiary alicyclic amines) is 1. The third-order valence-corrected chi connectivity index (χ3v) is 10.3. The third kappa shape index (κ3) is 9.22. The summed E-state index contributed by atoms with van der Waals surface area (Å²) in [6.45, 7) is 4.75. The molecule has 0 spiro atoms. The molecule has 256 valence electrons. The second-order valence-corrected chi connectivity index (χ2v) is 13.6. The number of pyridine rings is 1. The number of carbonyl (C=O) groups is 1. The van der Waals surface area contributed by atoms with Crippen LogP contribution in [0.2, 0.25) is 0 Å². The van der Waals surface area contributed by atoms with Crippen LogP contribution in [0.3, 0.4) is 0 Å². The van der Waals surface area contributed by atoms with Crippen molar-refractivity contribution < 1.29 is 24.9 Å². The molecule has 1 aliphatic carbocycles. The first kappa shape index (κ1) is 35.1. The van der Waals surface area contributed by atoms with Gasteiger partial charge in [-0.2, -0.15) is 0 Å². The lowest BCUT2D eigenvalue weighted by Crippen LogP contribution is -2.46. The minimum Gasteiger partial charge on any atom is -0.506 e. The highest BCUT2D eigenvalue weighted by Crippen LogP contribution is 2.40. The van der Waals surface area contributed by atoms with Crippen molar-refractivity contribution in [3.63, 3.8) is 0 Å². The topological polar surface area (TPSA) is 135 Å². The van der Waals surface area contributed by atoms with E-state index in [4.69, 9.17) is 4.74 Å². The Kier molecular flexibility index (Phi) is 12.9. The molecule has 5 rings (SSSR count). The van der Waals surface area contributed by atoms with Gasteiger partial charge in [-0.15, -0.1) is 0 Å². The van der Waals surface area contributed by atoms with Gasteiger partial charge in [0, 0.05) is 23.9 Å². The maximum Gasteiger partial charge on any atom is 0.343 e. The first-order valence-corrected chi connectivity index (χ1v) is 17.8. The predicted molar refractivity (Wildman–Crippen MR) is 184 cm³/mol. The molecule has 2 aliphatic rings. The Balaban J connectivity index is 0.926. The molecular weight excluding hydrogens is 594 g/mol. The zero-order valence-corrected chi connectivity index (χ0v) is 27.7. The monoisotopic (exact) mass is 647 g/mol. The van der Waals surface area contributed by atoms with E-state index in [-0.39, 0.29) is 17.2 Å². The number of aliphatic hydroxyl groups excluding tert-OH is 1. The Hall–Kier alpha value is -3.24. The summed E-state index contributed by atoms with van der Waals surface area (Å²) in [6, 6.07) is 15.6. The number of phenols is 1. The number of aliphatic hydroxyl groups is 2. The van der Waals surface area contributed by atoms with E-state index in [0.29, 0.717) is 41.1 Å². The molecule has 1 saturated carbocycles. The molecule has 1 saturated heterocycles. The van der Waals surface area contributed by atoms with Crippen LogP contribution in [0.5, 0.6) is 5.75 Å². The van der Waals surface area contributed by atoms with Gasteiger partial charge < -0.3 is 35.3 Å². The summed E-state index contributed by atoms with van der Waals surface area (Å²) < 4.78 is 5.86. The number of benzene rings is 2. The van der Waals surface area contributed by atoms with Gasteiger partial charge >= 0.3 is 5.97 Å². The summed E-state index contributed by atoms with van der Waals surface area (Å²) in [6.07, 6.45) is 12.0. The first-order valence-electron chi connectivity index (χ1n) is 17.8. The molecule has 9 nitrogen and oxygen atoms in total. The van der Waals surface area contributed by atoms with Crippen molar-refractivity contribution in [1.82, 2.24) is 15.2 Å².